The molecule has 172 valence electrons. The van der Waals surface area contributed by atoms with Gasteiger partial charge in [0, 0.05) is 12.6 Å². The molecule has 0 aliphatic carbocycles. The highest BCUT2D eigenvalue weighted by Crippen LogP contribution is 2.46. The summed E-state index contributed by atoms with van der Waals surface area (Å²) in [5, 5.41) is 12.0. The number of carbonyl (C=O) groups excluding carboxylic acids is 1. The molecule has 0 saturated heterocycles. The van der Waals surface area contributed by atoms with E-state index in [1.54, 1.807) is 32.0 Å². The van der Waals surface area contributed by atoms with Crippen molar-refractivity contribution >= 4 is 34.9 Å². The summed E-state index contributed by atoms with van der Waals surface area (Å²) in [7, 11) is 0. The molecule has 0 spiro atoms. The number of halogens is 2. The number of aromatic nitrogens is 2. The van der Waals surface area contributed by atoms with Gasteiger partial charge in [0.1, 0.15) is 12.4 Å². The van der Waals surface area contributed by atoms with Gasteiger partial charge in [-0.25, -0.2) is 4.79 Å². The summed E-state index contributed by atoms with van der Waals surface area (Å²) in [5.74, 6) is 0.331. The SMILES string of the molecule is CC1=C(OC(=O)OCCOC(C)C)C(c2cccc(Cl)c2Cl)C(c2nnc(C)o2)=C(C)N1. The van der Waals surface area contributed by atoms with Gasteiger partial charge in [0.2, 0.25) is 11.8 Å². The minimum absolute atomic E-state index is 0.0324. The molecule has 10 heteroatoms. The van der Waals surface area contributed by atoms with Crippen LogP contribution in [-0.2, 0) is 14.2 Å². The standard InChI is InChI=1S/C22H25Cl2N3O5/c1-11(2)29-9-10-30-22(28)32-20-13(4)25-12(3)17(21-27-26-14(5)31-21)18(20)15-7-6-8-16(23)19(15)24/h6-8,11,18,25H,9-10H2,1-5H3. The Morgan fingerprint density at radius 3 is 2.56 bits per heavy atom. The van der Waals surface area contributed by atoms with Crippen LogP contribution in [0.1, 0.15) is 51.0 Å². The average Bonchev–Trinajstić information content (AvgIpc) is 3.15. The lowest BCUT2D eigenvalue weighted by Gasteiger charge is -2.30. The van der Waals surface area contributed by atoms with Gasteiger partial charge in [0.05, 0.1) is 39.9 Å². The smallest absolute Gasteiger partial charge is 0.432 e. The van der Waals surface area contributed by atoms with Gasteiger partial charge in [-0.2, -0.15) is 0 Å². The van der Waals surface area contributed by atoms with Gasteiger partial charge in [0.25, 0.3) is 0 Å². The Hall–Kier alpha value is -2.55. The summed E-state index contributed by atoms with van der Waals surface area (Å²) >= 11 is 12.9. The predicted molar refractivity (Wildman–Crippen MR) is 120 cm³/mol. The Kier molecular flexibility index (Phi) is 7.82. The van der Waals surface area contributed by atoms with Crippen LogP contribution in [0.4, 0.5) is 4.79 Å². The molecule has 2 heterocycles. The van der Waals surface area contributed by atoms with Gasteiger partial charge in [-0.1, -0.05) is 35.3 Å². The lowest BCUT2D eigenvalue weighted by atomic mass is 9.85. The molecule has 1 aliphatic heterocycles. The molecule has 1 aliphatic rings. The van der Waals surface area contributed by atoms with Crippen LogP contribution >= 0.6 is 23.2 Å². The summed E-state index contributed by atoms with van der Waals surface area (Å²) in [6.45, 7) is 9.46. The summed E-state index contributed by atoms with van der Waals surface area (Å²) in [4.78, 5) is 12.5. The molecule has 1 atom stereocenters. The van der Waals surface area contributed by atoms with Crippen LogP contribution in [0, 0.1) is 6.92 Å². The molecule has 32 heavy (non-hydrogen) atoms. The van der Waals surface area contributed by atoms with Crippen LogP contribution < -0.4 is 5.32 Å². The highest BCUT2D eigenvalue weighted by molar-refractivity contribution is 6.42. The number of dihydropyridines is 1. The van der Waals surface area contributed by atoms with Crippen LogP contribution in [0.25, 0.3) is 5.57 Å². The molecule has 1 aromatic heterocycles. The largest absolute Gasteiger partial charge is 0.513 e. The molecule has 8 nitrogen and oxygen atoms in total. The summed E-state index contributed by atoms with van der Waals surface area (Å²) in [5.41, 5.74) is 2.60. The Morgan fingerprint density at radius 1 is 1.16 bits per heavy atom. The molecule has 0 radical (unpaired) electrons. The van der Waals surface area contributed by atoms with E-state index in [-0.39, 0.29) is 25.2 Å². The van der Waals surface area contributed by atoms with Crippen molar-refractivity contribution in [1.29, 1.82) is 0 Å². The zero-order chi connectivity index (χ0) is 23.4. The van der Waals surface area contributed by atoms with Crippen molar-refractivity contribution in [2.45, 2.75) is 46.6 Å². The number of rotatable bonds is 7. The van der Waals surface area contributed by atoms with Crippen LogP contribution in [-0.4, -0.2) is 35.7 Å². The van der Waals surface area contributed by atoms with E-state index in [9.17, 15) is 4.79 Å². The van der Waals surface area contributed by atoms with E-state index in [1.165, 1.54) is 0 Å². The Morgan fingerprint density at radius 2 is 1.91 bits per heavy atom. The highest BCUT2D eigenvalue weighted by atomic mass is 35.5. The van der Waals surface area contributed by atoms with Crippen molar-refractivity contribution in [3.63, 3.8) is 0 Å². The molecule has 0 fully saturated rings. The van der Waals surface area contributed by atoms with E-state index in [0.717, 1.165) is 5.70 Å². The van der Waals surface area contributed by atoms with E-state index in [0.29, 0.717) is 38.5 Å². The quantitative estimate of drug-likeness (QED) is 0.402. The lowest BCUT2D eigenvalue weighted by Crippen LogP contribution is -2.27. The number of aryl methyl sites for hydroxylation is 1. The second-order valence-electron chi connectivity index (χ2n) is 7.48. The Bertz CT molecular complexity index is 1060. The minimum atomic E-state index is -0.864. The first-order chi connectivity index (χ1) is 15.2. The normalized spacial score (nSPS) is 16.4. The van der Waals surface area contributed by atoms with Gasteiger partial charge in [0.15, 0.2) is 0 Å². The second kappa shape index (κ2) is 10.4. The fourth-order valence-electron chi connectivity index (χ4n) is 3.37. The van der Waals surface area contributed by atoms with Crippen molar-refractivity contribution in [3.8, 4) is 0 Å². The maximum atomic E-state index is 12.5. The zero-order valence-electron chi connectivity index (χ0n) is 18.5. The number of hydrogen-bond donors (Lipinski definition) is 1. The van der Waals surface area contributed by atoms with Gasteiger partial charge >= 0.3 is 6.16 Å². The maximum Gasteiger partial charge on any atom is 0.513 e. The van der Waals surface area contributed by atoms with Gasteiger partial charge in [-0.3, -0.25) is 0 Å². The van der Waals surface area contributed by atoms with Gasteiger partial charge in [-0.15, -0.1) is 10.2 Å². The molecule has 2 aromatic rings. The summed E-state index contributed by atoms with van der Waals surface area (Å²) in [6, 6.07) is 5.26. The fourth-order valence-corrected chi connectivity index (χ4v) is 3.78. The summed E-state index contributed by atoms with van der Waals surface area (Å²) < 4.78 is 21.9. The first-order valence-corrected chi connectivity index (χ1v) is 10.8. The van der Waals surface area contributed by atoms with Crippen molar-refractivity contribution in [2.24, 2.45) is 0 Å². The molecular weight excluding hydrogens is 457 g/mol. The Balaban J connectivity index is 1.98. The number of ether oxygens (including phenoxy) is 3. The fraction of sp³-hybridized carbons (Fsp3) is 0.409. The van der Waals surface area contributed by atoms with E-state index in [2.05, 4.69) is 15.5 Å². The van der Waals surface area contributed by atoms with Crippen LogP contribution in [0.15, 0.2) is 39.8 Å². The molecule has 1 aromatic carbocycles. The van der Waals surface area contributed by atoms with Crippen molar-refractivity contribution in [3.05, 3.63) is 62.7 Å². The number of nitrogens with one attached hydrogen (secondary N) is 1. The topological polar surface area (TPSA) is 95.7 Å². The first kappa shape index (κ1) is 24.1. The maximum absolute atomic E-state index is 12.5. The molecule has 3 rings (SSSR count). The molecule has 1 unspecified atom stereocenters. The third kappa shape index (κ3) is 5.43. The molecule has 0 bridgehead atoms. The van der Waals surface area contributed by atoms with Gasteiger partial charge in [-0.05, 0) is 39.3 Å². The molecule has 0 saturated carbocycles. The van der Waals surface area contributed by atoms with Crippen molar-refractivity contribution < 1.29 is 23.4 Å². The number of allylic oxidation sites excluding steroid dienone is 3. The van der Waals surface area contributed by atoms with Crippen LogP contribution in [0.2, 0.25) is 10.0 Å². The minimum Gasteiger partial charge on any atom is -0.432 e. The monoisotopic (exact) mass is 481 g/mol. The molecule has 0 amide bonds. The van der Waals surface area contributed by atoms with Crippen LogP contribution in [0.3, 0.4) is 0 Å². The number of hydrogen-bond acceptors (Lipinski definition) is 8. The zero-order valence-corrected chi connectivity index (χ0v) is 20.0. The third-order valence-corrected chi connectivity index (χ3v) is 5.53. The average molecular weight is 482 g/mol. The molecule has 1 N–H and O–H groups in total. The summed E-state index contributed by atoms with van der Waals surface area (Å²) in [6.07, 6.45) is -0.831. The number of carbonyl (C=O) groups is 1. The van der Waals surface area contributed by atoms with Crippen molar-refractivity contribution in [1.82, 2.24) is 15.5 Å². The highest BCUT2D eigenvalue weighted by Gasteiger charge is 2.37. The second-order valence-corrected chi connectivity index (χ2v) is 8.26. The first-order valence-electron chi connectivity index (χ1n) is 10.1. The van der Waals surface area contributed by atoms with E-state index < -0.39 is 12.1 Å². The Labute approximate surface area is 196 Å². The van der Waals surface area contributed by atoms with Crippen LogP contribution in [0.5, 0.6) is 0 Å². The number of nitrogens with zero attached hydrogens (tertiary/aromatic N) is 2. The predicted octanol–water partition coefficient (Wildman–Crippen LogP) is 5.61. The van der Waals surface area contributed by atoms with Gasteiger partial charge < -0.3 is 23.9 Å². The van der Waals surface area contributed by atoms with E-state index in [1.807, 2.05) is 20.8 Å². The third-order valence-electron chi connectivity index (χ3n) is 4.70. The molecular formula is C22H25Cl2N3O5. The van der Waals surface area contributed by atoms with Crippen molar-refractivity contribution in [2.75, 3.05) is 13.2 Å². The number of benzene rings is 1. The van der Waals surface area contributed by atoms with E-state index >= 15 is 0 Å². The van der Waals surface area contributed by atoms with E-state index in [4.69, 9.17) is 41.8 Å². The lowest BCUT2D eigenvalue weighted by molar-refractivity contribution is 0.0186.